The zero-order valence-electron chi connectivity index (χ0n) is 15.1. The number of nitrogens with one attached hydrogen (secondary N) is 1. The predicted molar refractivity (Wildman–Crippen MR) is 102 cm³/mol. The first-order valence-corrected chi connectivity index (χ1v) is 9.07. The summed E-state index contributed by atoms with van der Waals surface area (Å²) >= 11 is 6.11. The Morgan fingerprint density at radius 3 is 2.81 bits per heavy atom. The summed E-state index contributed by atoms with van der Waals surface area (Å²) in [4.78, 5) is 15.4. The van der Waals surface area contributed by atoms with E-state index in [0.29, 0.717) is 37.1 Å². The van der Waals surface area contributed by atoms with Crippen molar-refractivity contribution in [1.82, 2.24) is 10.3 Å². The molecule has 1 atom stereocenters. The molecule has 0 saturated carbocycles. The quantitative estimate of drug-likeness (QED) is 0.651. The van der Waals surface area contributed by atoms with E-state index < -0.39 is 11.9 Å². The molecule has 26 heavy (non-hydrogen) atoms. The van der Waals surface area contributed by atoms with Crippen molar-refractivity contribution in [2.45, 2.75) is 33.4 Å². The summed E-state index contributed by atoms with van der Waals surface area (Å²) in [6, 6.07) is 9.26. The molecule has 0 aliphatic rings. The number of hydrogen-bond acceptors (Lipinski definition) is 4. The van der Waals surface area contributed by atoms with Crippen molar-refractivity contribution >= 4 is 17.6 Å². The van der Waals surface area contributed by atoms with Crippen LogP contribution in [0.1, 0.15) is 31.4 Å². The van der Waals surface area contributed by atoms with E-state index in [-0.39, 0.29) is 0 Å². The van der Waals surface area contributed by atoms with Gasteiger partial charge in [-0.05, 0) is 36.6 Å². The average Bonchev–Trinajstić information content (AvgIpc) is 2.60. The van der Waals surface area contributed by atoms with Crippen molar-refractivity contribution in [2.24, 2.45) is 11.8 Å². The van der Waals surface area contributed by atoms with Gasteiger partial charge in [0.05, 0.1) is 5.92 Å². The summed E-state index contributed by atoms with van der Waals surface area (Å²) in [5, 5.41) is 13.2. The van der Waals surface area contributed by atoms with E-state index in [1.165, 1.54) is 0 Å². The second kappa shape index (κ2) is 10.1. The second-order valence-electron chi connectivity index (χ2n) is 6.70. The summed E-state index contributed by atoms with van der Waals surface area (Å²) in [6.45, 7) is 5.36. The van der Waals surface area contributed by atoms with Crippen molar-refractivity contribution in [3.05, 3.63) is 58.9 Å². The first-order chi connectivity index (χ1) is 12.5. The average molecular weight is 377 g/mol. The monoisotopic (exact) mass is 376 g/mol. The SMILES string of the molecule is CC(C)CC(CNCc1cc(Cl)ccc1OCc1cccnc1)C(=O)O. The lowest BCUT2D eigenvalue weighted by Gasteiger charge is -2.17. The second-order valence-corrected chi connectivity index (χ2v) is 7.13. The zero-order chi connectivity index (χ0) is 18.9. The molecule has 0 saturated heterocycles. The van der Waals surface area contributed by atoms with Crippen molar-refractivity contribution in [3.8, 4) is 5.75 Å². The van der Waals surface area contributed by atoms with Gasteiger partial charge in [-0.2, -0.15) is 0 Å². The molecule has 0 aliphatic heterocycles. The van der Waals surface area contributed by atoms with Crippen LogP contribution in [0, 0.1) is 11.8 Å². The molecular weight excluding hydrogens is 352 g/mol. The Kier molecular flexibility index (Phi) is 7.88. The summed E-state index contributed by atoms with van der Waals surface area (Å²) < 4.78 is 5.89. The standard InChI is InChI=1S/C20H25ClN2O3/c1-14(2)8-17(20(24)25)12-23-11-16-9-18(21)5-6-19(16)26-13-15-4-3-7-22-10-15/h3-7,9-10,14,17,23H,8,11-13H2,1-2H3,(H,24,25). The summed E-state index contributed by atoms with van der Waals surface area (Å²) in [7, 11) is 0. The Hall–Kier alpha value is -2.11. The van der Waals surface area contributed by atoms with Gasteiger partial charge in [0, 0.05) is 41.6 Å². The number of carbonyl (C=O) groups is 1. The molecule has 2 aromatic rings. The number of hydrogen-bond donors (Lipinski definition) is 2. The van der Waals surface area contributed by atoms with Gasteiger partial charge in [-0.25, -0.2) is 0 Å². The number of aromatic nitrogens is 1. The molecule has 0 bridgehead atoms. The highest BCUT2D eigenvalue weighted by atomic mass is 35.5. The predicted octanol–water partition coefficient (Wildman–Crippen LogP) is 4.15. The Labute approximate surface area is 159 Å². The van der Waals surface area contributed by atoms with Gasteiger partial charge in [0.2, 0.25) is 0 Å². The van der Waals surface area contributed by atoms with Crippen LogP contribution in [0.25, 0.3) is 0 Å². The number of ether oxygens (including phenoxy) is 1. The first kappa shape index (κ1) is 20.2. The fourth-order valence-electron chi connectivity index (χ4n) is 2.69. The van der Waals surface area contributed by atoms with Gasteiger partial charge < -0.3 is 15.2 Å². The molecule has 0 spiro atoms. The van der Waals surface area contributed by atoms with Crippen molar-refractivity contribution in [3.63, 3.8) is 0 Å². The number of nitrogens with zero attached hydrogens (tertiary/aromatic N) is 1. The van der Waals surface area contributed by atoms with Crippen LogP contribution in [0.3, 0.4) is 0 Å². The Bertz CT molecular complexity index is 707. The molecule has 1 heterocycles. The molecular formula is C20H25ClN2O3. The number of halogens is 1. The summed E-state index contributed by atoms with van der Waals surface area (Å²) in [5.41, 5.74) is 1.87. The Balaban J connectivity index is 1.97. The highest BCUT2D eigenvalue weighted by Gasteiger charge is 2.18. The molecule has 0 fully saturated rings. The van der Waals surface area contributed by atoms with E-state index in [2.05, 4.69) is 10.3 Å². The minimum Gasteiger partial charge on any atom is -0.489 e. The smallest absolute Gasteiger partial charge is 0.307 e. The number of carboxylic acids is 1. The maximum Gasteiger partial charge on any atom is 0.307 e. The van der Waals surface area contributed by atoms with Gasteiger partial charge in [0.1, 0.15) is 12.4 Å². The maximum atomic E-state index is 11.4. The summed E-state index contributed by atoms with van der Waals surface area (Å²) in [5.74, 6) is -0.122. The number of rotatable bonds is 10. The highest BCUT2D eigenvalue weighted by Crippen LogP contribution is 2.24. The zero-order valence-corrected chi connectivity index (χ0v) is 15.9. The van der Waals surface area contributed by atoms with Gasteiger partial charge in [-0.15, -0.1) is 0 Å². The Morgan fingerprint density at radius 2 is 2.15 bits per heavy atom. The minimum absolute atomic E-state index is 0.336. The number of aliphatic carboxylic acids is 1. The van der Waals surface area contributed by atoms with Crippen LogP contribution < -0.4 is 10.1 Å². The third kappa shape index (κ3) is 6.65. The van der Waals surface area contributed by atoms with Crippen LogP contribution in [-0.2, 0) is 17.9 Å². The minimum atomic E-state index is -0.773. The van der Waals surface area contributed by atoms with E-state index in [4.69, 9.17) is 16.3 Å². The fourth-order valence-corrected chi connectivity index (χ4v) is 2.89. The molecule has 0 amide bonds. The van der Waals surface area contributed by atoms with Crippen molar-refractivity contribution in [1.29, 1.82) is 0 Å². The molecule has 0 aliphatic carbocycles. The molecule has 5 nitrogen and oxygen atoms in total. The fraction of sp³-hybridized carbons (Fsp3) is 0.400. The summed E-state index contributed by atoms with van der Waals surface area (Å²) in [6.07, 6.45) is 4.12. The van der Waals surface area contributed by atoms with E-state index in [1.807, 2.05) is 38.1 Å². The third-order valence-electron chi connectivity index (χ3n) is 3.95. The highest BCUT2D eigenvalue weighted by molar-refractivity contribution is 6.30. The molecule has 1 aromatic heterocycles. The number of pyridine rings is 1. The van der Waals surface area contributed by atoms with Gasteiger partial charge in [0.15, 0.2) is 0 Å². The molecule has 1 aromatic carbocycles. The van der Waals surface area contributed by atoms with Gasteiger partial charge in [0.25, 0.3) is 0 Å². The maximum absolute atomic E-state index is 11.4. The molecule has 0 radical (unpaired) electrons. The van der Waals surface area contributed by atoms with Gasteiger partial charge in [-0.3, -0.25) is 9.78 Å². The number of carboxylic acid groups (broad SMARTS) is 1. The lowest BCUT2D eigenvalue weighted by atomic mass is 9.97. The van der Waals surface area contributed by atoms with Gasteiger partial charge in [-0.1, -0.05) is 31.5 Å². The van der Waals surface area contributed by atoms with Crippen LogP contribution in [0.4, 0.5) is 0 Å². The Morgan fingerprint density at radius 1 is 1.35 bits per heavy atom. The van der Waals surface area contributed by atoms with Crippen LogP contribution in [-0.4, -0.2) is 22.6 Å². The lowest BCUT2D eigenvalue weighted by Crippen LogP contribution is -2.29. The van der Waals surface area contributed by atoms with E-state index in [0.717, 1.165) is 16.9 Å². The molecule has 2 N–H and O–H groups in total. The van der Waals surface area contributed by atoms with Crippen LogP contribution >= 0.6 is 11.6 Å². The van der Waals surface area contributed by atoms with Crippen LogP contribution in [0.15, 0.2) is 42.7 Å². The molecule has 2 rings (SSSR count). The van der Waals surface area contributed by atoms with E-state index in [1.54, 1.807) is 18.5 Å². The third-order valence-corrected chi connectivity index (χ3v) is 4.19. The first-order valence-electron chi connectivity index (χ1n) is 8.69. The normalized spacial score (nSPS) is 12.2. The van der Waals surface area contributed by atoms with Crippen molar-refractivity contribution in [2.75, 3.05) is 6.54 Å². The van der Waals surface area contributed by atoms with E-state index >= 15 is 0 Å². The van der Waals surface area contributed by atoms with Crippen LogP contribution in [0.5, 0.6) is 5.75 Å². The van der Waals surface area contributed by atoms with Gasteiger partial charge >= 0.3 is 5.97 Å². The molecule has 140 valence electrons. The lowest BCUT2D eigenvalue weighted by molar-refractivity contribution is -0.142. The number of benzene rings is 1. The van der Waals surface area contributed by atoms with E-state index in [9.17, 15) is 9.90 Å². The largest absolute Gasteiger partial charge is 0.489 e. The molecule has 6 heteroatoms. The van der Waals surface area contributed by atoms with Crippen LogP contribution in [0.2, 0.25) is 5.02 Å². The van der Waals surface area contributed by atoms with Crippen molar-refractivity contribution < 1.29 is 14.6 Å². The topological polar surface area (TPSA) is 71.5 Å². The molecule has 1 unspecified atom stereocenters.